The fraction of sp³-hybridized carbons (Fsp3) is 0.263. The fourth-order valence-electron chi connectivity index (χ4n) is 2.73. The van der Waals surface area contributed by atoms with Gasteiger partial charge in [-0.3, -0.25) is 10.1 Å². The molecule has 0 bridgehead atoms. The number of nitrogens with zero attached hydrogens (tertiary/aromatic N) is 2. The predicted octanol–water partition coefficient (Wildman–Crippen LogP) is 4.03. The molecule has 1 amide bonds. The van der Waals surface area contributed by atoms with Gasteiger partial charge >= 0.3 is 0 Å². The van der Waals surface area contributed by atoms with E-state index >= 15 is 0 Å². The Morgan fingerprint density at radius 1 is 1.13 bits per heavy atom. The van der Waals surface area contributed by atoms with Crippen LogP contribution in [0.25, 0.3) is 10.2 Å². The second-order valence-corrected chi connectivity index (χ2v) is 9.84. The molecule has 3 aromatic rings. The number of hydrogen-bond acceptors (Lipinski definition) is 6. The monoisotopic (exact) mass is 487 g/mol. The van der Waals surface area contributed by atoms with Crippen molar-refractivity contribution in [2.75, 3.05) is 37.3 Å². The van der Waals surface area contributed by atoms with Gasteiger partial charge in [-0.05, 0) is 36.4 Å². The van der Waals surface area contributed by atoms with E-state index in [4.69, 9.17) is 27.9 Å². The number of carbonyl (C=O) groups excluding carboxylic acids is 1. The van der Waals surface area contributed by atoms with Crippen molar-refractivity contribution in [1.82, 2.24) is 9.29 Å². The van der Waals surface area contributed by atoms with Gasteiger partial charge in [-0.15, -0.1) is 23.2 Å². The predicted molar refractivity (Wildman–Crippen MR) is 121 cm³/mol. The van der Waals surface area contributed by atoms with Crippen molar-refractivity contribution < 1.29 is 17.9 Å². The summed E-state index contributed by atoms with van der Waals surface area (Å²) in [7, 11) is -2.17. The molecule has 0 spiro atoms. The molecule has 0 radical (unpaired) electrons. The number of alkyl halides is 2. The minimum Gasteiger partial charge on any atom is -0.497 e. The molecule has 0 atom stereocenters. The van der Waals surface area contributed by atoms with E-state index in [0.29, 0.717) is 16.4 Å². The largest absolute Gasteiger partial charge is 0.497 e. The third kappa shape index (κ3) is 5.04. The van der Waals surface area contributed by atoms with Crippen LogP contribution in [-0.4, -0.2) is 55.6 Å². The van der Waals surface area contributed by atoms with E-state index in [1.807, 2.05) is 12.1 Å². The first-order valence-corrected chi connectivity index (χ1v) is 12.2. The molecule has 0 unspecified atom stereocenters. The van der Waals surface area contributed by atoms with E-state index in [1.165, 1.54) is 39.9 Å². The molecule has 0 fully saturated rings. The zero-order valence-corrected chi connectivity index (χ0v) is 19.1. The summed E-state index contributed by atoms with van der Waals surface area (Å²) < 4.78 is 32.8. The third-order valence-electron chi connectivity index (χ3n) is 4.24. The van der Waals surface area contributed by atoms with E-state index in [9.17, 15) is 13.2 Å². The Hall–Kier alpha value is -1.91. The molecular weight excluding hydrogens is 469 g/mol. The van der Waals surface area contributed by atoms with Gasteiger partial charge in [-0.1, -0.05) is 11.3 Å². The van der Waals surface area contributed by atoms with Gasteiger partial charge in [-0.25, -0.2) is 13.4 Å². The van der Waals surface area contributed by atoms with Gasteiger partial charge < -0.3 is 4.74 Å². The summed E-state index contributed by atoms with van der Waals surface area (Å²) in [6.45, 7) is 0.308. The van der Waals surface area contributed by atoms with Crippen LogP contribution >= 0.6 is 34.5 Å². The smallest absolute Gasteiger partial charge is 0.257 e. The second-order valence-electron chi connectivity index (χ2n) is 6.11. The molecule has 2 aromatic carbocycles. The average molecular weight is 488 g/mol. The normalized spacial score (nSPS) is 11.7. The second kappa shape index (κ2) is 9.93. The standard InChI is InChI=1S/C19H19Cl2N3O4S2/c1-28-14-4-7-17-16(12-14)22-19(29-17)23-18(25)13-2-5-15(6-3-13)30(26,27)24(10-8-20)11-9-21/h2-7,12H,8-11H2,1H3,(H,22,23,25). The summed E-state index contributed by atoms with van der Waals surface area (Å²) in [5.74, 6) is 0.609. The van der Waals surface area contributed by atoms with E-state index in [2.05, 4.69) is 10.3 Å². The van der Waals surface area contributed by atoms with Crippen molar-refractivity contribution in [3.8, 4) is 5.75 Å². The van der Waals surface area contributed by atoms with Gasteiger partial charge in [0.2, 0.25) is 10.0 Å². The lowest BCUT2D eigenvalue weighted by atomic mass is 10.2. The summed E-state index contributed by atoms with van der Waals surface area (Å²) in [5.41, 5.74) is 1.03. The Morgan fingerprint density at radius 2 is 1.80 bits per heavy atom. The van der Waals surface area contributed by atoms with Gasteiger partial charge in [0.15, 0.2) is 5.13 Å². The molecule has 30 heavy (non-hydrogen) atoms. The molecule has 1 N–H and O–H groups in total. The maximum Gasteiger partial charge on any atom is 0.257 e. The van der Waals surface area contributed by atoms with Crippen molar-refractivity contribution in [3.63, 3.8) is 0 Å². The highest BCUT2D eigenvalue weighted by molar-refractivity contribution is 7.89. The lowest BCUT2D eigenvalue weighted by Gasteiger charge is -2.20. The number of rotatable bonds is 9. The molecule has 0 aliphatic heterocycles. The molecule has 0 saturated carbocycles. The number of carbonyl (C=O) groups is 1. The molecule has 0 aliphatic carbocycles. The maximum atomic E-state index is 12.7. The quantitative estimate of drug-likeness (QED) is 0.460. The highest BCUT2D eigenvalue weighted by Crippen LogP contribution is 2.29. The van der Waals surface area contributed by atoms with Crippen LogP contribution in [0, 0.1) is 0 Å². The van der Waals surface area contributed by atoms with Crippen LogP contribution in [0.2, 0.25) is 0 Å². The topological polar surface area (TPSA) is 88.6 Å². The van der Waals surface area contributed by atoms with Gasteiger partial charge in [0.05, 0.1) is 22.2 Å². The van der Waals surface area contributed by atoms with Crippen molar-refractivity contribution in [1.29, 1.82) is 0 Å². The first-order chi connectivity index (χ1) is 14.4. The molecule has 1 aromatic heterocycles. The molecule has 7 nitrogen and oxygen atoms in total. The van der Waals surface area contributed by atoms with Gasteiger partial charge in [0.1, 0.15) is 5.75 Å². The van der Waals surface area contributed by atoms with Gasteiger partial charge in [0, 0.05) is 36.5 Å². The number of anilines is 1. The third-order valence-corrected chi connectivity index (χ3v) is 7.44. The molecule has 1 heterocycles. The van der Waals surface area contributed by atoms with Crippen LogP contribution < -0.4 is 10.1 Å². The van der Waals surface area contributed by atoms with Crippen LogP contribution in [0.5, 0.6) is 5.75 Å². The fourth-order valence-corrected chi connectivity index (χ4v) is 5.62. The lowest BCUT2D eigenvalue weighted by molar-refractivity contribution is 0.102. The highest BCUT2D eigenvalue weighted by atomic mass is 35.5. The first-order valence-electron chi connectivity index (χ1n) is 8.87. The Kier molecular flexibility index (Phi) is 7.54. The number of halogens is 2. The average Bonchev–Trinajstić information content (AvgIpc) is 3.14. The number of aromatic nitrogens is 1. The Balaban J connectivity index is 1.76. The summed E-state index contributed by atoms with van der Waals surface area (Å²) in [4.78, 5) is 17.0. The number of fused-ring (bicyclic) bond motifs is 1. The zero-order valence-electron chi connectivity index (χ0n) is 16.0. The number of amides is 1. The van der Waals surface area contributed by atoms with E-state index in [-0.39, 0.29) is 35.7 Å². The summed E-state index contributed by atoms with van der Waals surface area (Å²) in [6.07, 6.45) is 0. The van der Waals surface area contributed by atoms with Crippen LogP contribution in [0.4, 0.5) is 5.13 Å². The summed E-state index contributed by atoms with van der Waals surface area (Å²) in [6, 6.07) is 11.2. The summed E-state index contributed by atoms with van der Waals surface area (Å²) in [5, 5.41) is 3.18. The Bertz CT molecular complexity index is 1130. The van der Waals surface area contributed by atoms with Crippen LogP contribution in [0.1, 0.15) is 10.4 Å². The van der Waals surface area contributed by atoms with Crippen molar-refractivity contribution in [3.05, 3.63) is 48.0 Å². The number of thiazole rings is 1. The van der Waals surface area contributed by atoms with Gasteiger partial charge in [-0.2, -0.15) is 4.31 Å². The molecule has 160 valence electrons. The van der Waals surface area contributed by atoms with Crippen molar-refractivity contribution >= 4 is 65.8 Å². The lowest BCUT2D eigenvalue weighted by Crippen LogP contribution is -2.34. The Labute approximate surface area is 188 Å². The molecular formula is C19H19Cl2N3O4S2. The van der Waals surface area contributed by atoms with Crippen LogP contribution in [0.3, 0.4) is 0 Å². The number of nitrogens with one attached hydrogen (secondary N) is 1. The van der Waals surface area contributed by atoms with Gasteiger partial charge in [0.25, 0.3) is 5.91 Å². The Morgan fingerprint density at radius 3 is 2.40 bits per heavy atom. The number of ether oxygens (including phenoxy) is 1. The van der Waals surface area contributed by atoms with Crippen molar-refractivity contribution in [2.24, 2.45) is 0 Å². The molecule has 0 aliphatic rings. The van der Waals surface area contributed by atoms with E-state index in [1.54, 1.807) is 13.2 Å². The number of methoxy groups -OCH3 is 1. The minimum atomic E-state index is -3.74. The number of sulfonamides is 1. The van der Waals surface area contributed by atoms with E-state index < -0.39 is 10.0 Å². The molecule has 11 heteroatoms. The first kappa shape index (κ1) is 22.8. The highest BCUT2D eigenvalue weighted by Gasteiger charge is 2.23. The molecule has 3 rings (SSSR count). The minimum absolute atomic E-state index is 0.0707. The zero-order chi connectivity index (χ0) is 21.7. The SMILES string of the molecule is COc1ccc2sc(NC(=O)c3ccc(S(=O)(=O)N(CCCl)CCCl)cc3)nc2c1. The number of hydrogen-bond donors (Lipinski definition) is 1. The van der Waals surface area contributed by atoms with Crippen LogP contribution in [0.15, 0.2) is 47.4 Å². The summed E-state index contributed by atoms with van der Waals surface area (Å²) >= 11 is 12.7. The van der Waals surface area contributed by atoms with Crippen LogP contribution in [-0.2, 0) is 10.0 Å². The number of benzene rings is 2. The molecule has 0 saturated heterocycles. The van der Waals surface area contributed by atoms with Crippen molar-refractivity contribution in [2.45, 2.75) is 4.90 Å². The maximum absolute atomic E-state index is 12.7. The van der Waals surface area contributed by atoms with E-state index in [0.717, 1.165) is 10.2 Å².